The Morgan fingerprint density at radius 2 is 1.66 bits per heavy atom. The number of anilines is 1. The molecule has 0 aromatic heterocycles. The number of non-ortho nitro benzene ring substituents is 1. The van der Waals surface area contributed by atoms with Gasteiger partial charge >= 0.3 is 5.97 Å². The fourth-order valence-electron chi connectivity index (χ4n) is 2.38. The van der Waals surface area contributed by atoms with Crippen molar-refractivity contribution in [1.82, 2.24) is 4.72 Å². The largest absolute Gasteiger partial charge is 0.465 e. The first-order valence-corrected chi connectivity index (χ1v) is 9.83. The highest BCUT2D eigenvalue weighted by Crippen LogP contribution is 2.20. The van der Waals surface area contributed by atoms with Crippen LogP contribution >= 0.6 is 0 Å². The summed E-state index contributed by atoms with van der Waals surface area (Å²) in [6.07, 6.45) is 0. The molecule has 0 atom stereocenters. The van der Waals surface area contributed by atoms with E-state index < -0.39 is 32.5 Å². The number of carbonyl (C=O) groups is 2. The lowest BCUT2D eigenvalue weighted by atomic mass is 10.1. The van der Waals surface area contributed by atoms with E-state index in [4.69, 9.17) is 0 Å². The van der Waals surface area contributed by atoms with Crippen LogP contribution in [-0.4, -0.2) is 38.4 Å². The summed E-state index contributed by atoms with van der Waals surface area (Å²) in [5.74, 6) is -1.54. The number of rotatable bonds is 7. The van der Waals surface area contributed by atoms with Gasteiger partial charge in [-0.3, -0.25) is 14.9 Å². The number of sulfonamides is 1. The van der Waals surface area contributed by atoms with Gasteiger partial charge in [0.2, 0.25) is 10.0 Å². The van der Waals surface area contributed by atoms with Crippen molar-refractivity contribution < 1.29 is 27.7 Å². The number of hydrogen-bond acceptors (Lipinski definition) is 7. The fourth-order valence-corrected chi connectivity index (χ4v) is 3.63. The zero-order valence-electron chi connectivity index (χ0n) is 15.8. The molecule has 154 valence electrons. The molecule has 2 aromatic carbocycles. The van der Waals surface area contributed by atoms with Crippen LogP contribution in [-0.2, 0) is 14.8 Å². The zero-order chi connectivity index (χ0) is 21.8. The SMILES string of the molecule is COC(=O)c1cc(C(=O)Nc2ccc(S(=O)(=O)NC(C)C)cc2)cc([N+](=O)[O-])c1. The molecule has 0 aliphatic carbocycles. The molecule has 2 aromatic rings. The number of methoxy groups -OCH3 is 1. The predicted octanol–water partition coefficient (Wildman–Crippen LogP) is 2.32. The molecule has 2 rings (SSSR count). The molecule has 2 N–H and O–H groups in total. The number of benzene rings is 2. The van der Waals surface area contributed by atoms with Crippen molar-refractivity contribution in [2.75, 3.05) is 12.4 Å². The lowest BCUT2D eigenvalue weighted by molar-refractivity contribution is -0.384. The van der Waals surface area contributed by atoms with Crippen LogP contribution in [0.4, 0.5) is 11.4 Å². The highest BCUT2D eigenvalue weighted by Gasteiger charge is 2.19. The molecule has 0 fully saturated rings. The molecule has 0 aliphatic heterocycles. The summed E-state index contributed by atoms with van der Waals surface area (Å²) in [6.45, 7) is 3.38. The monoisotopic (exact) mass is 421 g/mol. The number of nitro groups is 1. The smallest absolute Gasteiger partial charge is 0.338 e. The third kappa shape index (κ3) is 5.59. The summed E-state index contributed by atoms with van der Waals surface area (Å²) in [4.78, 5) is 34.5. The van der Waals surface area contributed by atoms with Crippen LogP contribution < -0.4 is 10.0 Å². The van der Waals surface area contributed by atoms with Crippen LogP contribution in [0.5, 0.6) is 0 Å². The summed E-state index contributed by atoms with van der Waals surface area (Å²) >= 11 is 0. The van der Waals surface area contributed by atoms with Gasteiger partial charge in [0.1, 0.15) is 0 Å². The van der Waals surface area contributed by atoms with E-state index >= 15 is 0 Å². The summed E-state index contributed by atoms with van der Waals surface area (Å²) < 4.78 is 31.2. The maximum absolute atomic E-state index is 12.5. The Bertz CT molecular complexity index is 1050. The average Bonchev–Trinajstić information content (AvgIpc) is 2.66. The maximum atomic E-state index is 12.5. The van der Waals surface area contributed by atoms with Crippen molar-refractivity contribution in [3.63, 3.8) is 0 Å². The molecule has 0 aliphatic rings. The number of ether oxygens (including phenoxy) is 1. The van der Waals surface area contributed by atoms with Gasteiger partial charge in [-0.15, -0.1) is 0 Å². The van der Waals surface area contributed by atoms with Gasteiger partial charge in [-0.05, 0) is 44.2 Å². The normalized spacial score (nSPS) is 11.2. The van der Waals surface area contributed by atoms with E-state index in [0.29, 0.717) is 0 Å². The Labute approximate surface area is 167 Å². The zero-order valence-corrected chi connectivity index (χ0v) is 16.6. The first-order valence-electron chi connectivity index (χ1n) is 8.35. The van der Waals surface area contributed by atoms with E-state index in [-0.39, 0.29) is 27.8 Å². The number of nitrogens with one attached hydrogen (secondary N) is 2. The minimum Gasteiger partial charge on any atom is -0.465 e. The number of hydrogen-bond donors (Lipinski definition) is 2. The van der Waals surface area contributed by atoms with Crippen molar-refractivity contribution in [2.24, 2.45) is 0 Å². The molecule has 0 saturated carbocycles. The van der Waals surface area contributed by atoms with Crippen molar-refractivity contribution in [2.45, 2.75) is 24.8 Å². The van der Waals surface area contributed by atoms with Gasteiger partial charge in [0.05, 0.1) is 22.5 Å². The van der Waals surface area contributed by atoms with Crippen LogP contribution in [0.3, 0.4) is 0 Å². The minimum atomic E-state index is -3.68. The molecule has 29 heavy (non-hydrogen) atoms. The molecule has 0 bridgehead atoms. The lowest BCUT2D eigenvalue weighted by Crippen LogP contribution is -2.30. The van der Waals surface area contributed by atoms with Gasteiger partial charge in [-0.2, -0.15) is 0 Å². The third-order valence-electron chi connectivity index (χ3n) is 3.63. The standard InChI is InChI=1S/C18H19N3O7S/c1-11(2)20-29(26,27)16-6-4-14(5-7-16)19-17(22)12-8-13(18(23)28-3)10-15(9-12)21(24)25/h4-11,20H,1-3H3,(H,19,22). The van der Waals surface area contributed by atoms with E-state index in [1.165, 1.54) is 30.3 Å². The van der Waals surface area contributed by atoms with Crippen LogP contribution in [0, 0.1) is 10.1 Å². The second-order valence-corrected chi connectivity index (χ2v) is 7.99. The first-order chi connectivity index (χ1) is 13.5. The van der Waals surface area contributed by atoms with Crippen molar-refractivity contribution in [3.8, 4) is 0 Å². The minimum absolute atomic E-state index is 0.0209. The van der Waals surface area contributed by atoms with E-state index in [9.17, 15) is 28.1 Å². The Hall–Kier alpha value is -3.31. The Kier molecular flexibility index (Phi) is 6.67. The molecule has 0 spiro atoms. The Balaban J connectivity index is 2.27. The van der Waals surface area contributed by atoms with E-state index in [2.05, 4.69) is 14.8 Å². The molecule has 11 heteroatoms. The highest BCUT2D eigenvalue weighted by molar-refractivity contribution is 7.89. The summed E-state index contributed by atoms with van der Waals surface area (Å²) in [6, 6.07) is 8.30. The van der Waals surface area contributed by atoms with Crippen molar-refractivity contribution >= 4 is 33.3 Å². The molecule has 0 radical (unpaired) electrons. The Morgan fingerprint density at radius 1 is 1.07 bits per heavy atom. The highest BCUT2D eigenvalue weighted by atomic mass is 32.2. The van der Waals surface area contributed by atoms with Gasteiger partial charge in [0.25, 0.3) is 11.6 Å². The van der Waals surface area contributed by atoms with Crippen LogP contribution in [0.25, 0.3) is 0 Å². The van der Waals surface area contributed by atoms with Crippen molar-refractivity contribution in [1.29, 1.82) is 0 Å². The first kappa shape index (κ1) is 22.0. The molecular formula is C18H19N3O7S. The Morgan fingerprint density at radius 3 is 2.17 bits per heavy atom. The molecular weight excluding hydrogens is 402 g/mol. The summed E-state index contributed by atoms with van der Waals surface area (Å²) in [5, 5.41) is 13.6. The van der Waals surface area contributed by atoms with Gasteiger partial charge < -0.3 is 10.1 Å². The van der Waals surface area contributed by atoms with Crippen LogP contribution in [0.2, 0.25) is 0 Å². The van der Waals surface area contributed by atoms with E-state index in [0.717, 1.165) is 19.2 Å². The number of amides is 1. The van der Waals surface area contributed by atoms with Gasteiger partial charge in [-0.25, -0.2) is 17.9 Å². The molecule has 0 heterocycles. The number of nitrogens with zero attached hydrogens (tertiary/aromatic N) is 1. The second-order valence-electron chi connectivity index (χ2n) is 6.27. The average molecular weight is 421 g/mol. The number of esters is 1. The summed E-state index contributed by atoms with van der Waals surface area (Å²) in [7, 11) is -2.56. The topological polar surface area (TPSA) is 145 Å². The third-order valence-corrected chi connectivity index (χ3v) is 5.30. The fraction of sp³-hybridized carbons (Fsp3) is 0.222. The predicted molar refractivity (Wildman–Crippen MR) is 104 cm³/mol. The van der Waals surface area contributed by atoms with Crippen LogP contribution in [0.1, 0.15) is 34.6 Å². The van der Waals surface area contributed by atoms with Crippen LogP contribution in [0.15, 0.2) is 47.4 Å². The quantitative estimate of drug-likeness (QED) is 0.396. The molecule has 0 unspecified atom stereocenters. The molecule has 10 nitrogen and oxygen atoms in total. The van der Waals surface area contributed by atoms with Crippen molar-refractivity contribution in [3.05, 3.63) is 63.7 Å². The maximum Gasteiger partial charge on any atom is 0.338 e. The lowest BCUT2D eigenvalue weighted by Gasteiger charge is -2.11. The van der Waals surface area contributed by atoms with Gasteiger partial charge in [-0.1, -0.05) is 0 Å². The number of carbonyl (C=O) groups excluding carboxylic acids is 2. The number of nitro benzene ring substituents is 1. The van der Waals surface area contributed by atoms with E-state index in [1.807, 2.05) is 0 Å². The molecule has 1 amide bonds. The molecule has 0 saturated heterocycles. The van der Waals surface area contributed by atoms with E-state index in [1.54, 1.807) is 13.8 Å². The van der Waals surface area contributed by atoms with Gasteiger partial charge in [0, 0.05) is 29.4 Å². The van der Waals surface area contributed by atoms with Gasteiger partial charge in [0.15, 0.2) is 0 Å². The summed E-state index contributed by atoms with van der Waals surface area (Å²) in [5.41, 5.74) is -0.449. The second kappa shape index (κ2) is 8.80.